The van der Waals surface area contributed by atoms with Crippen LogP contribution in [0.25, 0.3) is 0 Å². The third kappa shape index (κ3) is 9.90. The zero-order valence-electron chi connectivity index (χ0n) is 21.8. The molecular weight excluding hydrogens is 412 g/mol. The molecule has 3 rings (SSSR count). The smallest absolute Gasteiger partial charge is 0.305 e. The van der Waals surface area contributed by atoms with Crippen LogP contribution in [-0.4, -0.2) is 24.0 Å². The number of rotatable bonds is 11. The van der Waals surface area contributed by atoms with Crippen LogP contribution in [0.15, 0.2) is 18.2 Å². The first kappa shape index (κ1) is 29.2. The van der Waals surface area contributed by atoms with E-state index in [1.54, 1.807) is 13.8 Å². The maximum atomic E-state index is 10.6. The molecule has 188 valence electrons. The zero-order chi connectivity index (χ0) is 24.6. The molecule has 1 aromatic carbocycles. The first-order chi connectivity index (χ1) is 16.0. The molecule has 2 aliphatic rings. The highest BCUT2D eigenvalue weighted by Gasteiger charge is 2.39. The lowest BCUT2D eigenvalue weighted by Crippen LogP contribution is -2.25. The molecule has 2 aliphatic carbocycles. The number of carbonyl (C=O) groups is 2. The molecule has 0 aliphatic heterocycles. The molecule has 1 aromatic rings. The third-order valence-electron chi connectivity index (χ3n) is 7.00. The van der Waals surface area contributed by atoms with Crippen molar-refractivity contribution in [3.05, 3.63) is 29.3 Å². The first-order valence-corrected chi connectivity index (χ1v) is 13.4. The fraction of sp³-hybridized carbons (Fsp3) is 0.724. The molecular formula is C29H48O4. The van der Waals surface area contributed by atoms with Crippen LogP contribution in [0.3, 0.4) is 0 Å². The van der Waals surface area contributed by atoms with Crippen molar-refractivity contribution in [2.45, 2.75) is 105 Å². The lowest BCUT2D eigenvalue weighted by Gasteiger charge is -2.32. The lowest BCUT2D eigenvalue weighted by molar-refractivity contribution is -0.140. The van der Waals surface area contributed by atoms with E-state index in [4.69, 9.17) is 9.84 Å². The first-order valence-electron chi connectivity index (χ1n) is 13.4. The zero-order valence-corrected chi connectivity index (χ0v) is 21.8. The molecule has 0 unspecified atom stereocenters. The number of hydrogen-bond acceptors (Lipinski definition) is 3. The summed E-state index contributed by atoms with van der Waals surface area (Å²) < 4.78 is 5.67. The van der Waals surface area contributed by atoms with E-state index >= 15 is 0 Å². The highest BCUT2D eigenvalue weighted by Crippen LogP contribution is 2.48. The summed E-state index contributed by atoms with van der Waals surface area (Å²) >= 11 is 0. The Morgan fingerprint density at radius 2 is 1.76 bits per heavy atom. The number of carbonyl (C=O) groups excluding carboxylic acids is 1. The van der Waals surface area contributed by atoms with Gasteiger partial charge in [-0.3, -0.25) is 9.59 Å². The Kier molecular flexibility index (Phi) is 14.8. The van der Waals surface area contributed by atoms with Crippen LogP contribution in [0.4, 0.5) is 0 Å². The molecule has 0 heterocycles. The van der Waals surface area contributed by atoms with Crippen LogP contribution in [0.1, 0.15) is 104 Å². The van der Waals surface area contributed by atoms with E-state index in [0.29, 0.717) is 0 Å². The van der Waals surface area contributed by atoms with Crippen LogP contribution >= 0.6 is 0 Å². The fourth-order valence-corrected chi connectivity index (χ4v) is 5.18. The van der Waals surface area contributed by atoms with E-state index in [0.717, 1.165) is 36.2 Å². The molecule has 0 aromatic heterocycles. The molecule has 0 radical (unpaired) electrons. The number of fused-ring (bicyclic) bond motifs is 2. The maximum Gasteiger partial charge on any atom is 0.305 e. The molecule has 0 bridgehead atoms. The van der Waals surface area contributed by atoms with Gasteiger partial charge < -0.3 is 9.84 Å². The summed E-state index contributed by atoms with van der Waals surface area (Å²) in [6, 6.07) is 6.40. The lowest BCUT2D eigenvalue weighted by atomic mass is 9.73. The van der Waals surface area contributed by atoms with Gasteiger partial charge in [-0.05, 0) is 60.6 Å². The molecule has 0 saturated heterocycles. The van der Waals surface area contributed by atoms with Gasteiger partial charge in [-0.1, -0.05) is 91.7 Å². The van der Waals surface area contributed by atoms with Gasteiger partial charge in [0.1, 0.15) is 12.4 Å². The standard InChI is InChI=1S/C23H34O2.C4H8O2.C2H6/c1-2-3-4-5-6-7-9-18-12-13-20-17-22-19(16-21(18)20)10-8-11-23(22)25-15-14-24;1-3(2)4(5)6;1-2/h8,10-11,14,18,20-21H,2-7,9,12-13,15-17H2,1H3;3H,1-2H3,(H,5,6);1-2H3/t18-,20+,21+;;/m0../s1. The molecule has 4 heteroatoms. The Morgan fingerprint density at radius 1 is 1.09 bits per heavy atom. The largest absolute Gasteiger partial charge is 0.486 e. The fourth-order valence-electron chi connectivity index (χ4n) is 5.18. The van der Waals surface area contributed by atoms with E-state index in [1.165, 1.54) is 75.3 Å². The number of aliphatic carboxylic acids is 1. The van der Waals surface area contributed by atoms with Crippen LogP contribution < -0.4 is 4.74 Å². The van der Waals surface area contributed by atoms with Gasteiger partial charge in [-0.25, -0.2) is 0 Å². The van der Waals surface area contributed by atoms with E-state index in [-0.39, 0.29) is 12.5 Å². The summed E-state index contributed by atoms with van der Waals surface area (Å²) in [4.78, 5) is 20.3. The van der Waals surface area contributed by atoms with E-state index in [1.807, 2.05) is 19.9 Å². The summed E-state index contributed by atoms with van der Waals surface area (Å²) in [5, 5.41) is 7.99. The third-order valence-corrected chi connectivity index (χ3v) is 7.00. The molecule has 0 amide bonds. The van der Waals surface area contributed by atoms with Crippen molar-refractivity contribution in [3.8, 4) is 5.75 Å². The predicted octanol–water partition coefficient (Wildman–Crippen LogP) is 7.51. The van der Waals surface area contributed by atoms with Crippen molar-refractivity contribution in [1.29, 1.82) is 0 Å². The second-order valence-corrected chi connectivity index (χ2v) is 9.59. The predicted molar refractivity (Wildman–Crippen MR) is 137 cm³/mol. The van der Waals surface area contributed by atoms with Crippen molar-refractivity contribution in [2.24, 2.45) is 23.7 Å². The van der Waals surface area contributed by atoms with E-state index in [2.05, 4.69) is 19.1 Å². The normalized spacial score (nSPS) is 20.5. The summed E-state index contributed by atoms with van der Waals surface area (Å²) in [7, 11) is 0. The van der Waals surface area contributed by atoms with Crippen molar-refractivity contribution >= 4 is 12.3 Å². The summed E-state index contributed by atoms with van der Waals surface area (Å²) in [6.07, 6.45) is 15.9. The molecule has 1 fully saturated rings. The highest BCUT2D eigenvalue weighted by atomic mass is 16.5. The second-order valence-electron chi connectivity index (χ2n) is 9.59. The molecule has 1 N–H and O–H groups in total. The van der Waals surface area contributed by atoms with Crippen molar-refractivity contribution in [1.82, 2.24) is 0 Å². The molecule has 4 nitrogen and oxygen atoms in total. The van der Waals surface area contributed by atoms with Crippen molar-refractivity contribution < 1.29 is 19.4 Å². The summed E-state index contributed by atoms with van der Waals surface area (Å²) in [5.74, 6) is 2.62. The summed E-state index contributed by atoms with van der Waals surface area (Å²) in [6.45, 7) is 9.74. The topological polar surface area (TPSA) is 63.6 Å². The van der Waals surface area contributed by atoms with E-state index in [9.17, 15) is 9.59 Å². The monoisotopic (exact) mass is 460 g/mol. The van der Waals surface area contributed by atoms with Crippen molar-refractivity contribution in [3.63, 3.8) is 0 Å². The number of carboxylic acid groups (broad SMARTS) is 1. The van der Waals surface area contributed by atoms with Crippen LogP contribution in [-0.2, 0) is 22.4 Å². The van der Waals surface area contributed by atoms with Gasteiger partial charge in [-0.15, -0.1) is 0 Å². The quantitative estimate of drug-likeness (QED) is 0.274. The number of unbranched alkanes of at least 4 members (excludes halogenated alkanes) is 5. The van der Waals surface area contributed by atoms with Gasteiger partial charge in [0.05, 0.1) is 5.92 Å². The highest BCUT2D eigenvalue weighted by molar-refractivity contribution is 5.68. The van der Waals surface area contributed by atoms with Gasteiger partial charge in [0, 0.05) is 0 Å². The van der Waals surface area contributed by atoms with Crippen molar-refractivity contribution in [2.75, 3.05) is 6.61 Å². The Hall–Kier alpha value is -1.84. The average Bonchev–Trinajstić information content (AvgIpc) is 3.22. The second kappa shape index (κ2) is 16.7. The van der Waals surface area contributed by atoms with Gasteiger partial charge in [0.25, 0.3) is 0 Å². The molecule has 33 heavy (non-hydrogen) atoms. The van der Waals surface area contributed by atoms with Gasteiger partial charge in [0.15, 0.2) is 6.29 Å². The number of ether oxygens (including phenoxy) is 1. The van der Waals surface area contributed by atoms with Gasteiger partial charge in [-0.2, -0.15) is 0 Å². The number of aldehydes is 1. The van der Waals surface area contributed by atoms with Gasteiger partial charge >= 0.3 is 5.97 Å². The minimum absolute atomic E-state index is 0.172. The van der Waals surface area contributed by atoms with Crippen LogP contribution in [0.5, 0.6) is 5.75 Å². The average molecular weight is 461 g/mol. The minimum Gasteiger partial charge on any atom is -0.486 e. The Morgan fingerprint density at radius 3 is 2.39 bits per heavy atom. The van der Waals surface area contributed by atoms with E-state index < -0.39 is 5.97 Å². The molecule has 3 atom stereocenters. The number of hydrogen-bond donors (Lipinski definition) is 1. The maximum absolute atomic E-state index is 10.6. The number of benzene rings is 1. The van der Waals surface area contributed by atoms with Gasteiger partial charge in [0.2, 0.25) is 0 Å². The minimum atomic E-state index is -0.741. The Bertz CT molecular complexity index is 682. The Balaban J connectivity index is 0.000000593. The SMILES string of the molecule is CC.CC(C)C(=O)O.CCCCCCCC[C@H]1CC[C@@H]2Cc3c(cccc3OCC=O)C[C@H]12. The van der Waals surface area contributed by atoms with Crippen LogP contribution in [0.2, 0.25) is 0 Å². The Labute approximate surface area is 202 Å². The molecule has 0 spiro atoms. The number of carboxylic acids is 1. The summed E-state index contributed by atoms with van der Waals surface area (Å²) in [5.41, 5.74) is 2.85. The molecule has 1 saturated carbocycles. The van der Waals surface area contributed by atoms with Crippen LogP contribution in [0, 0.1) is 23.7 Å².